The molecule has 1 aliphatic heterocycles. The van der Waals surface area contributed by atoms with Crippen molar-refractivity contribution in [2.24, 2.45) is 0 Å². The lowest BCUT2D eigenvalue weighted by molar-refractivity contribution is -0.124. The van der Waals surface area contributed by atoms with Gasteiger partial charge in [0, 0.05) is 6.04 Å². The summed E-state index contributed by atoms with van der Waals surface area (Å²) >= 11 is 6.21. The minimum atomic E-state index is -0.172. The van der Waals surface area contributed by atoms with E-state index in [0.717, 1.165) is 18.4 Å². The van der Waals surface area contributed by atoms with Crippen molar-refractivity contribution in [1.29, 1.82) is 0 Å². The van der Waals surface area contributed by atoms with Gasteiger partial charge in [-0.3, -0.25) is 9.59 Å². The minimum absolute atomic E-state index is 0.0173. The Morgan fingerprint density at radius 1 is 1.28 bits per heavy atom. The highest BCUT2D eigenvalue weighted by atomic mass is 32.2. The Morgan fingerprint density at radius 2 is 2.00 bits per heavy atom. The molecular weight excluding hydrogens is 356 g/mol. The number of amides is 2. The van der Waals surface area contributed by atoms with Crippen LogP contribution in [0.15, 0.2) is 29.2 Å². The number of ether oxygens (including phenoxy) is 1. The number of rotatable bonds is 5. The fourth-order valence-electron chi connectivity index (χ4n) is 2.90. The molecule has 132 valence electrons. The first kappa shape index (κ1) is 17.9. The van der Waals surface area contributed by atoms with E-state index in [1.165, 1.54) is 31.0 Å². The number of hydrogen-bond acceptors (Lipinski definition) is 5. The zero-order valence-electron chi connectivity index (χ0n) is 13.7. The summed E-state index contributed by atoms with van der Waals surface area (Å²) in [4.78, 5) is 24.2. The van der Waals surface area contributed by atoms with Crippen LogP contribution in [0.1, 0.15) is 37.7 Å². The van der Waals surface area contributed by atoms with Crippen molar-refractivity contribution in [2.75, 3.05) is 6.61 Å². The number of thiocarbonyl (C=S) groups is 1. The van der Waals surface area contributed by atoms with Gasteiger partial charge in [0.15, 0.2) is 6.61 Å². The number of nitrogens with one attached hydrogen (secondary N) is 2. The third-order valence-electron chi connectivity index (χ3n) is 4.16. The second-order valence-electron chi connectivity index (χ2n) is 6.11. The molecule has 5 nitrogen and oxygen atoms in total. The van der Waals surface area contributed by atoms with Crippen LogP contribution in [0.25, 0.3) is 6.08 Å². The number of carbonyl (C=O) groups excluding carboxylic acids is 2. The fraction of sp³-hybridized carbons (Fsp3) is 0.389. The summed E-state index contributed by atoms with van der Waals surface area (Å²) in [5, 5.41) is 5.61. The van der Waals surface area contributed by atoms with Gasteiger partial charge in [-0.05, 0) is 36.6 Å². The Bertz CT molecular complexity index is 695. The molecule has 1 aliphatic carbocycles. The monoisotopic (exact) mass is 376 g/mol. The molecule has 0 bridgehead atoms. The molecule has 0 radical (unpaired) electrons. The average Bonchev–Trinajstić information content (AvgIpc) is 2.92. The zero-order chi connectivity index (χ0) is 17.6. The maximum atomic E-state index is 11.9. The Hall–Kier alpha value is -1.86. The molecule has 1 saturated heterocycles. The molecule has 1 heterocycles. The fourth-order valence-corrected chi connectivity index (χ4v) is 3.94. The van der Waals surface area contributed by atoms with Gasteiger partial charge in [-0.2, -0.15) is 0 Å². The maximum Gasteiger partial charge on any atom is 0.263 e. The Balaban J connectivity index is 1.49. The van der Waals surface area contributed by atoms with Crippen molar-refractivity contribution in [2.45, 2.75) is 38.1 Å². The van der Waals surface area contributed by atoms with E-state index in [1.54, 1.807) is 18.2 Å². The van der Waals surface area contributed by atoms with Crippen LogP contribution < -0.4 is 15.4 Å². The Kier molecular flexibility index (Phi) is 6.09. The summed E-state index contributed by atoms with van der Waals surface area (Å²) in [5.74, 6) is 0.375. The van der Waals surface area contributed by atoms with Gasteiger partial charge >= 0.3 is 0 Å². The lowest BCUT2D eigenvalue weighted by atomic mass is 9.95. The molecule has 1 saturated carbocycles. The second-order valence-corrected chi connectivity index (χ2v) is 7.83. The van der Waals surface area contributed by atoms with E-state index < -0.39 is 0 Å². The third kappa shape index (κ3) is 5.31. The maximum absolute atomic E-state index is 11.9. The van der Waals surface area contributed by atoms with Crippen LogP contribution in [0.5, 0.6) is 5.75 Å². The topological polar surface area (TPSA) is 67.4 Å². The zero-order valence-corrected chi connectivity index (χ0v) is 15.4. The Morgan fingerprint density at radius 3 is 2.64 bits per heavy atom. The molecule has 0 aromatic heterocycles. The smallest absolute Gasteiger partial charge is 0.263 e. The van der Waals surface area contributed by atoms with Gasteiger partial charge in [-0.1, -0.05) is 55.4 Å². The summed E-state index contributed by atoms with van der Waals surface area (Å²) in [5.41, 5.74) is 0.876. The summed E-state index contributed by atoms with van der Waals surface area (Å²) in [6, 6.07) is 7.55. The molecular formula is C18H20N2O3S2. The lowest BCUT2D eigenvalue weighted by Gasteiger charge is -2.22. The minimum Gasteiger partial charge on any atom is -0.484 e. The summed E-state index contributed by atoms with van der Waals surface area (Å²) < 4.78 is 6.01. The van der Waals surface area contributed by atoms with E-state index in [4.69, 9.17) is 17.0 Å². The highest BCUT2D eigenvalue weighted by Gasteiger charge is 2.21. The van der Waals surface area contributed by atoms with Crippen molar-refractivity contribution in [1.82, 2.24) is 10.6 Å². The molecule has 2 N–H and O–H groups in total. The van der Waals surface area contributed by atoms with Crippen LogP contribution >= 0.6 is 24.0 Å². The van der Waals surface area contributed by atoms with Gasteiger partial charge in [0.05, 0.1) is 4.91 Å². The molecule has 2 amide bonds. The van der Waals surface area contributed by atoms with Crippen LogP contribution in [0.2, 0.25) is 0 Å². The lowest BCUT2D eigenvalue weighted by Crippen LogP contribution is -2.38. The van der Waals surface area contributed by atoms with Crippen LogP contribution in [0.4, 0.5) is 0 Å². The van der Waals surface area contributed by atoms with Crippen molar-refractivity contribution < 1.29 is 14.3 Å². The van der Waals surface area contributed by atoms with Gasteiger partial charge in [0.25, 0.3) is 11.8 Å². The molecule has 3 rings (SSSR count). The molecule has 7 heteroatoms. The molecule has 0 unspecified atom stereocenters. The van der Waals surface area contributed by atoms with E-state index in [0.29, 0.717) is 21.0 Å². The van der Waals surface area contributed by atoms with Crippen molar-refractivity contribution in [3.63, 3.8) is 0 Å². The largest absolute Gasteiger partial charge is 0.484 e. The molecule has 0 atom stereocenters. The SMILES string of the molecule is O=C(COc1ccc(/C=C2\SC(=S)NC2=O)cc1)NC1CCCCC1. The first-order chi connectivity index (χ1) is 12.1. The quantitative estimate of drug-likeness (QED) is 0.611. The molecule has 1 aromatic rings. The van der Waals surface area contributed by atoms with Gasteiger partial charge in [0.2, 0.25) is 0 Å². The molecule has 1 aromatic carbocycles. The average molecular weight is 377 g/mol. The highest BCUT2D eigenvalue weighted by Crippen LogP contribution is 2.26. The summed E-state index contributed by atoms with van der Waals surface area (Å²) in [6.45, 7) is 0.0173. The number of carbonyl (C=O) groups is 2. The highest BCUT2D eigenvalue weighted by molar-refractivity contribution is 8.26. The molecule has 0 spiro atoms. The van der Waals surface area contributed by atoms with Gasteiger partial charge in [-0.15, -0.1) is 0 Å². The number of thioether (sulfide) groups is 1. The van der Waals surface area contributed by atoms with Crippen molar-refractivity contribution in [3.8, 4) is 5.75 Å². The number of hydrogen-bond donors (Lipinski definition) is 2. The van der Waals surface area contributed by atoms with Crippen LogP contribution in [-0.4, -0.2) is 28.8 Å². The second kappa shape index (κ2) is 8.49. The molecule has 25 heavy (non-hydrogen) atoms. The Labute approximate surface area is 156 Å². The van der Waals surface area contributed by atoms with E-state index in [2.05, 4.69) is 10.6 Å². The van der Waals surface area contributed by atoms with E-state index >= 15 is 0 Å². The summed E-state index contributed by atoms with van der Waals surface area (Å²) in [6.07, 6.45) is 7.53. The van der Waals surface area contributed by atoms with E-state index in [-0.39, 0.29) is 18.4 Å². The standard InChI is InChI=1S/C18H20N2O3S2/c21-16(19-13-4-2-1-3-5-13)11-23-14-8-6-12(7-9-14)10-15-17(22)20-18(24)25-15/h6-10,13H,1-5,11H2,(H,19,21)(H,20,22,24)/b15-10-. The number of benzene rings is 1. The summed E-state index contributed by atoms with van der Waals surface area (Å²) in [7, 11) is 0. The first-order valence-electron chi connectivity index (χ1n) is 8.37. The third-order valence-corrected chi connectivity index (χ3v) is 5.32. The molecule has 2 aliphatic rings. The predicted octanol–water partition coefficient (Wildman–Crippen LogP) is 3.00. The van der Waals surface area contributed by atoms with Crippen LogP contribution in [0.3, 0.4) is 0 Å². The van der Waals surface area contributed by atoms with Crippen LogP contribution in [-0.2, 0) is 9.59 Å². The molecule has 2 fully saturated rings. The predicted molar refractivity (Wildman–Crippen MR) is 103 cm³/mol. The van der Waals surface area contributed by atoms with Crippen LogP contribution in [0, 0.1) is 0 Å². The van der Waals surface area contributed by atoms with E-state index in [9.17, 15) is 9.59 Å². The van der Waals surface area contributed by atoms with Gasteiger partial charge in [0.1, 0.15) is 10.1 Å². The normalized spacial score (nSPS) is 19.8. The van der Waals surface area contributed by atoms with Gasteiger partial charge < -0.3 is 15.4 Å². The van der Waals surface area contributed by atoms with Crippen molar-refractivity contribution >= 4 is 46.2 Å². The first-order valence-corrected chi connectivity index (χ1v) is 9.60. The van der Waals surface area contributed by atoms with Crippen molar-refractivity contribution in [3.05, 3.63) is 34.7 Å². The van der Waals surface area contributed by atoms with Gasteiger partial charge in [-0.25, -0.2) is 0 Å². The van der Waals surface area contributed by atoms with E-state index in [1.807, 2.05) is 12.1 Å².